The van der Waals surface area contributed by atoms with Crippen LogP contribution in [-0.4, -0.2) is 24.8 Å². The van der Waals surface area contributed by atoms with E-state index in [1.165, 1.54) is 72.1 Å². The molecular formula is C26H38O3S2. The Hall–Kier alpha value is -0.910. The van der Waals surface area contributed by atoms with Gasteiger partial charge in [0.05, 0.1) is 10.1 Å². The number of hydrogen-bond donors (Lipinski definition) is 0. The summed E-state index contributed by atoms with van der Waals surface area (Å²) in [6.45, 7) is 5.36. The smallest absolute Gasteiger partial charge is 0.348 e. The van der Waals surface area contributed by atoms with Crippen LogP contribution in [0.1, 0.15) is 99.0 Å². The van der Waals surface area contributed by atoms with Gasteiger partial charge in [0.25, 0.3) is 0 Å². The fourth-order valence-electron chi connectivity index (χ4n) is 5.37. The molecule has 0 atom stereocenters. The molecule has 0 saturated heterocycles. The molecule has 2 fully saturated rings. The highest BCUT2D eigenvalue weighted by molar-refractivity contribution is 7.39. The molecule has 31 heavy (non-hydrogen) atoms. The van der Waals surface area contributed by atoms with E-state index in [1.807, 2.05) is 17.4 Å². The molecule has 2 saturated carbocycles. The number of rotatable bonds is 9. The molecule has 0 aliphatic heterocycles. The average Bonchev–Trinajstić information content (AvgIpc) is 3.34. The Morgan fingerprint density at radius 2 is 1.58 bits per heavy atom. The van der Waals surface area contributed by atoms with Crippen molar-refractivity contribution >= 4 is 38.0 Å². The fraction of sp³-hybridized carbons (Fsp3) is 0.731. The van der Waals surface area contributed by atoms with Gasteiger partial charge in [0, 0.05) is 16.9 Å². The van der Waals surface area contributed by atoms with Crippen LogP contribution < -0.4 is 0 Å². The van der Waals surface area contributed by atoms with E-state index in [-0.39, 0.29) is 12.1 Å². The van der Waals surface area contributed by atoms with Gasteiger partial charge in [-0.05, 0) is 88.2 Å². The molecule has 2 aromatic rings. The van der Waals surface area contributed by atoms with Crippen LogP contribution in [0, 0.1) is 11.8 Å². The molecule has 5 heteroatoms. The van der Waals surface area contributed by atoms with Crippen LogP contribution in [0.2, 0.25) is 0 Å². The number of thiophene rings is 2. The lowest BCUT2D eigenvalue weighted by atomic mass is 9.72. The molecule has 2 heterocycles. The van der Waals surface area contributed by atoms with Crippen molar-refractivity contribution in [2.24, 2.45) is 11.8 Å². The molecule has 0 N–H and O–H groups in total. The highest BCUT2D eigenvalue weighted by Gasteiger charge is 2.32. The summed E-state index contributed by atoms with van der Waals surface area (Å²) < 4.78 is 13.2. The minimum Gasteiger partial charge on any atom is -0.458 e. The molecule has 3 nitrogen and oxygen atoms in total. The first kappa shape index (κ1) is 23.3. The van der Waals surface area contributed by atoms with E-state index in [0.717, 1.165) is 42.6 Å². The summed E-state index contributed by atoms with van der Waals surface area (Å²) in [6.07, 6.45) is 14.9. The molecule has 172 valence electrons. The Labute approximate surface area is 195 Å². The van der Waals surface area contributed by atoms with Crippen molar-refractivity contribution in [1.29, 1.82) is 0 Å². The quantitative estimate of drug-likeness (QED) is 0.280. The molecule has 0 unspecified atom stereocenters. The van der Waals surface area contributed by atoms with Crippen LogP contribution in [0.5, 0.6) is 0 Å². The third-order valence-corrected chi connectivity index (χ3v) is 9.62. The number of hydrogen-bond acceptors (Lipinski definition) is 5. The summed E-state index contributed by atoms with van der Waals surface area (Å²) in [5.74, 6) is 1.55. The Balaban J connectivity index is 1.20. The van der Waals surface area contributed by atoms with Crippen molar-refractivity contribution in [2.45, 2.75) is 103 Å². The summed E-state index contributed by atoms with van der Waals surface area (Å²) >= 11 is 3.43. The van der Waals surface area contributed by atoms with Gasteiger partial charge in [-0.15, -0.1) is 22.7 Å². The SMILES string of the molecule is CCCCO[C@H]1CC[C@H]([C@H]2CC[C@H](OC(=O)c3cc4cc(CCC)sc4s3)CC2)CC1. The predicted octanol–water partition coefficient (Wildman–Crippen LogP) is 8.01. The minimum absolute atomic E-state index is 0.105. The Bertz CT molecular complexity index is 791. The molecule has 2 aromatic heterocycles. The minimum atomic E-state index is -0.112. The second-order valence-corrected chi connectivity index (χ2v) is 12.0. The van der Waals surface area contributed by atoms with Gasteiger partial charge in [0.15, 0.2) is 0 Å². The van der Waals surface area contributed by atoms with Gasteiger partial charge in [-0.1, -0.05) is 26.7 Å². The summed E-state index contributed by atoms with van der Waals surface area (Å²) in [5, 5.41) is 1.21. The zero-order valence-corrected chi connectivity index (χ0v) is 20.8. The molecule has 0 spiro atoms. The van der Waals surface area contributed by atoms with E-state index in [9.17, 15) is 4.79 Å². The van der Waals surface area contributed by atoms with Crippen molar-refractivity contribution in [2.75, 3.05) is 6.61 Å². The van der Waals surface area contributed by atoms with Gasteiger partial charge in [-0.25, -0.2) is 4.79 Å². The first-order valence-corrected chi connectivity index (χ1v) is 14.1. The maximum absolute atomic E-state index is 12.7. The van der Waals surface area contributed by atoms with Crippen LogP contribution in [0.25, 0.3) is 9.40 Å². The first-order valence-electron chi connectivity index (χ1n) is 12.5. The topological polar surface area (TPSA) is 35.5 Å². The van der Waals surface area contributed by atoms with Crippen LogP contribution in [0.4, 0.5) is 0 Å². The molecule has 0 bridgehead atoms. The lowest BCUT2D eigenvalue weighted by Gasteiger charge is -2.37. The standard InChI is InChI=1S/C26H38O3S2/c1-3-5-15-28-21-11-7-18(8-12-21)19-9-13-22(14-10-19)29-25(27)24-17-20-16-23(6-4-2)30-26(20)31-24/h16-19,21-22H,3-15H2,1-2H3/t18-,19-,21-,22-. The largest absolute Gasteiger partial charge is 0.458 e. The van der Waals surface area contributed by atoms with Crippen molar-refractivity contribution in [3.8, 4) is 0 Å². The van der Waals surface area contributed by atoms with Crippen molar-refractivity contribution in [3.63, 3.8) is 0 Å². The van der Waals surface area contributed by atoms with Crippen molar-refractivity contribution in [1.82, 2.24) is 0 Å². The molecular weight excluding hydrogens is 424 g/mol. The van der Waals surface area contributed by atoms with Crippen LogP contribution in [0.3, 0.4) is 0 Å². The van der Waals surface area contributed by atoms with Crippen LogP contribution in [-0.2, 0) is 15.9 Å². The number of fused-ring (bicyclic) bond motifs is 1. The number of unbranched alkanes of at least 4 members (excludes halogenated alkanes) is 1. The highest BCUT2D eigenvalue weighted by atomic mass is 32.2. The summed E-state index contributed by atoms with van der Waals surface area (Å²) in [5.41, 5.74) is 0. The normalized spacial score (nSPS) is 26.9. The average molecular weight is 463 g/mol. The zero-order chi connectivity index (χ0) is 21.6. The van der Waals surface area contributed by atoms with Crippen LogP contribution in [0.15, 0.2) is 12.1 Å². The summed E-state index contributed by atoms with van der Waals surface area (Å²) in [7, 11) is 0. The van der Waals surface area contributed by atoms with Gasteiger partial charge in [0.2, 0.25) is 0 Å². The predicted molar refractivity (Wildman–Crippen MR) is 131 cm³/mol. The fourth-order valence-corrected chi connectivity index (χ4v) is 7.85. The van der Waals surface area contributed by atoms with Crippen LogP contribution >= 0.6 is 22.7 Å². The second kappa shape index (κ2) is 11.3. The molecule has 0 aromatic carbocycles. The van der Waals surface area contributed by atoms with Gasteiger partial charge >= 0.3 is 5.97 Å². The summed E-state index contributed by atoms with van der Waals surface area (Å²) in [6, 6.07) is 4.27. The van der Waals surface area contributed by atoms with Gasteiger partial charge in [-0.2, -0.15) is 0 Å². The Morgan fingerprint density at radius 1 is 0.903 bits per heavy atom. The third-order valence-electron chi connectivity index (χ3n) is 7.19. The Morgan fingerprint density at radius 3 is 2.19 bits per heavy atom. The maximum atomic E-state index is 12.7. The van der Waals surface area contributed by atoms with E-state index >= 15 is 0 Å². The van der Waals surface area contributed by atoms with E-state index < -0.39 is 0 Å². The molecule has 2 aliphatic rings. The molecule has 0 amide bonds. The molecule has 4 rings (SSSR count). The lowest BCUT2D eigenvalue weighted by Crippen LogP contribution is -2.31. The van der Waals surface area contributed by atoms with Crippen molar-refractivity contribution in [3.05, 3.63) is 21.9 Å². The Kier molecular flexibility index (Phi) is 8.47. The van der Waals surface area contributed by atoms with E-state index in [1.54, 1.807) is 11.3 Å². The van der Waals surface area contributed by atoms with E-state index in [4.69, 9.17) is 9.47 Å². The van der Waals surface area contributed by atoms with Gasteiger partial charge in [-0.3, -0.25) is 0 Å². The zero-order valence-electron chi connectivity index (χ0n) is 19.2. The maximum Gasteiger partial charge on any atom is 0.348 e. The summed E-state index contributed by atoms with van der Waals surface area (Å²) in [4.78, 5) is 14.9. The third kappa shape index (κ3) is 6.11. The molecule has 0 radical (unpaired) electrons. The molecule has 2 aliphatic carbocycles. The van der Waals surface area contributed by atoms with E-state index in [0.29, 0.717) is 6.10 Å². The first-order chi connectivity index (χ1) is 15.2. The van der Waals surface area contributed by atoms with Gasteiger partial charge in [0.1, 0.15) is 11.0 Å². The van der Waals surface area contributed by atoms with Gasteiger partial charge < -0.3 is 9.47 Å². The number of esters is 1. The number of aryl methyl sites for hydroxylation is 1. The highest BCUT2D eigenvalue weighted by Crippen LogP contribution is 2.40. The number of ether oxygens (including phenoxy) is 2. The van der Waals surface area contributed by atoms with E-state index in [2.05, 4.69) is 19.9 Å². The number of carbonyl (C=O) groups is 1. The second-order valence-electron chi connectivity index (χ2n) is 9.52. The number of carbonyl (C=O) groups excluding carboxylic acids is 1. The van der Waals surface area contributed by atoms with Crippen molar-refractivity contribution < 1.29 is 14.3 Å². The lowest BCUT2D eigenvalue weighted by molar-refractivity contribution is -0.00543. The monoisotopic (exact) mass is 462 g/mol.